The Bertz CT molecular complexity index is 602. The lowest BCUT2D eigenvalue weighted by molar-refractivity contribution is 0.0600. The lowest BCUT2D eigenvalue weighted by atomic mass is 10.2. The Kier molecular flexibility index (Phi) is 2.43. The van der Waals surface area contributed by atoms with Gasteiger partial charge in [0.15, 0.2) is 0 Å². The molecule has 0 bridgehead atoms. The SMILES string of the molecule is COC(=O)c1ccn2c(C3CC3)nc(Br)c2c1. The monoisotopic (exact) mass is 294 g/mol. The van der Waals surface area contributed by atoms with Gasteiger partial charge in [-0.05, 0) is 40.9 Å². The van der Waals surface area contributed by atoms with E-state index in [-0.39, 0.29) is 5.97 Å². The summed E-state index contributed by atoms with van der Waals surface area (Å²) >= 11 is 3.43. The highest BCUT2D eigenvalue weighted by Gasteiger charge is 2.29. The van der Waals surface area contributed by atoms with Gasteiger partial charge in [-0.1, -0.05) is 0 Å². The molecule has 3 rings (SSSR count). The fraction of sp³-hybridized carbons (Fsp3) is 0.333. The first-order valence-corrected chi connectivity index (χ1v) is 6.26. The van der Waals surface area contributed by atoms with Gasteiger partial charge < -0.3 is 9.14 Å². The number of carbonyl (C=O) groups excluding carboxylic acids is 1. The summed E-state index contributed by atoms with van der Waals surface area (Å²) in [6.45, 7) is 0. The minimum absolute atomic E-state index is 0.325. The molecule has 0 radical (unpaired) electrons. The van der Waals surface area contributed by atoms with Crippen molar-refractivity contribution in [3.05, 3.63) is 34.3 Å². The summed E-state index contributed by atoms with van der Waals surface area (Å²) < 4.78 is 7.53. The molecule has 1 fully saturated rings. The van der Waals surface area contributed by atoms with Crippen LogP contribution in [0.5, 0.6) is 0 Å². The highest BCUT2D eigenvalue weighted by atomic mass is 79.9. The predicted octanol–water partition coefficient (Wildman–Crippen LogP) is 2.76. The van der Waals surface area contributed by atoms with E-state index in [1.54, 1.807) is 12.1 Å². The van der Waals surface area contributed by atoms with Crippen molar-refractivity contribution < 1.29 is 9.53 Å². The van der Waals surface area contributed by atoms with E-state index in [4.69, 9.17) is 4.74 Å². The third-order valence-corrected chi connectivity index (χ3v) is 3.57. The van der Waals surface area contributed by atoms with Crippen molar-refractivity contribution in [2.45, 2.75) is 18.8 Å². The topological polar surface area (TPSA) is 43.6 Å². The molecule has 5 heteroatoms. The number of ether oxygens (including phenoxy) is 1. The molecule has 1 aliphatic rings. The van der Waals surface area contributed by atoms with Crippen LogP contribution < -0.4 is 0 Å². The Hall–Kier alpha value is -1.36. The molecule has 0 N–H and O–H groups in total. The van der Waals surface area contributed by atoms with Crippen LogP contribution in [0.15, 0.2) is 22.9 Å². The summed E-state index contributed by atoms with van der Waals surface area (Å²) in [5.41, 5.74) is 1.46. The summed E-state index contributed by atoms with van der Waals surface area (Å²) in [4.78, 5) is 16.0. The minimum Gasteiger partial charge on any atom is -0.465 e. The number of esters is 1. The van der Waals surface area contributed by atoms with Crippen molar-refractivity contribution >= 4 is 27.4 Å². The van der Waals surface area contributed by atoms with Crippen molar-refractivity contribution in [2.75, 3.05) is 7.11 Å². The zero-order valence-electron chi connectivity index (χ0n) is 9.31. The van der Waals surface area contributed by atoms with Crippen molar-refractivity contribution in [3.8, 4) is 0 Å². The Morgan fingerprint density at radius 1 is 1.59 bits per heavy atom. The first kappa shape index (κ1) is 10.8. The van der Waals surface area contributed by atoms with E-state index in [0.717, 1.165) is 15.9 Å². The molecule has 2 aromatic rings. The van der Waals surface area contributed by atoms with E-state index in [1.165, 1.54) is 20.0 Å². The number of halogens is 1. The molecule has 1 saturated carbocycles. The summed E-state index contributed by atoms with van der Waals surface area (Å²) in [7, 11) is 1.38. The van der Waals surface area contributed by atoms with Crippen LogP contribution in [0.2, 0.25) is 0 Å². The van der Waals surface area contributed by atoms with Gasteiger partial charge in [0.05, 0.1) is 18.2 Å². The fourth-order valence-electron chi connectivity index (χ4n) is 1.94. The van der Waals surface area contributed by atoms with Crippen LogP contribution in [0.1, 0.15) is 34.9 Å². The first-order chi connectivity index (χ1) is 8.20. The zero-order chi connectivity index (χ0) is 12.0. The summed E-state index contributed by atoms with van der Waals surface area (Å²) in [5, 5.41) is 0. The molecule has 0 atom stereocenters. The molecule has 1 aliphatic carbocycles. The molecule has 0 saturated heterocycles. The van der Waals surface area contributed by atoms with E-state index in [1.807, 2.05) is 10.6 Å². The third-order valence-electron chi connectivity index (χ3n) is 2.99. The number of pyridine rings is 1. The molecule has 0 unspecified atom stereocenters. The van der Waals surface area contributed by atoms with Crippen molar-refractivity contribution in [1.82, 2.24) is 9.38 Å². The number of methoxy groups -OCH3 is 1. The molecular weight excluding hydrogens is 284 g/mol. The number of carbonyl (C=O) groups is 1. The van der Waals surface area contributed by atoms with Crippen LogP contribution in [0.25, 0.3) is 5.52 Å². The molecule has 0 aliphatic heterocycles. The van der Waals surface area contributed by atoms with Crippen molar-refractivity contribution in [2.24, 2.45) is 0 Å². The molecule has 88 valence electrons. The van der Waals surface area contributed by atoms with Gasteiger partial charge in [-0.2, -0.15) is 0 Å². The molecular formula is C12H11BrN2O2. The Morgan fingerprint density at radius 3 is 3.00 bits per heavy atom. The van der Waals surface area contributed by atoms with Crippen LogP contribution in [-0.4, -0.2) is 22.5 Å². The lowest BCUT2D eigenvalue weighted by Gasteiger charge is -2.02. The van der Waals surface area contributed by atoms with E-state index in [2.05, 4.69) is 20.9 Å². The van der Waals surface area contributed by atoms with Gasteiger partial charge in [-0.15, -0.1) is 0 Å². The fourth-order valence-corrected chi connectivity index (χ4v) is 2.43. The maximum Gasteiger partial charge on any atom is 0.337 e. The van der Waals surface area contributed by atoms with E-state index < -0.39 is 0 Å². The summed E-state index contributed by atoms with van der Waals surface area (Å²) in [5.74, 6) is 1.31. The summed E-state index contributed by atoms with van der Waals surface area (Å²) in [6.07, 6.45) is 4.28. The molecule has 2 heterocycles. The van der Waals surface area contributed by atoms with Crippen LogP contribution >= 0.6 is 15.9 Å². The number of rotatable bonds is 2. The summed E-state index contributed by atoms with van der Waals surface area (Å²) in [6, 6.07) is 3.56. The number of imidazole rings is 1. The third kappa shape index (κ3) is 1.74. The van der Waals surface area contributed by atoms with Crippen LogP contribution in [0.3, 0.4) is 0 Å². The number of nitrogens with zero attached hydrogens (tertiary/aromatic N) is 2. The molecule has 2 aromatic heterocycles. The van der Waals surface area contributed by atoms with Gasteiger partial charge in [-0.25, -0.2) is 9.78 Å². The Balaban J connectivity index is 2.16. The smallest absolute Gasteiger partial charge is 0.337 e. The van der Waals surface area contributed by atoms with Gasteiger partial charge in [-0.3, -0.25) is 0 Å². The molecule has 17 heavy (non-hydrogen) atoms. The maximum atomic E-state index is 11.5. The van der Waals surface area contributed by atoms with Gasteiger partial charge >= 0.3 is 5.97 Å². The number of fused-ring (bicyclic) bond motifs is 1. The Morgan fingerprint density at radius 2 is 2.35 bits per heavy atom. The van der Waals surface area contributed by atoms with E-state index in [0.29, 0.717) is 11.5 Å². The lowest BCUT2D eigenvalue weighted by Crippen LogP contribution is -2.02. The standard InChI is InChI=1S/C12H11BrN2O2/c1-17-12(16)8-4-5-15-9(6-8)10(13)14-11(15)7-2-3-7/h4-7H,2-3H2,1H3. The highest BCUT2D eigenvalue weighted by Crippen LogP contribution is 2.40. The first-order valence-electron chi connectivity index (χ1n) is 5.46. The van der Waals surface area contributed by atoms with Crippen molar-refractivity contribution in [3.63, 3.8) is 0 Å². The van der Waals surface area contributed by atoms with Crippen molar-refractivity contribution in [1.29, 1.82) is 0 Å². The second kappa shape index (κ2) is 3.84. The molecule has 4 nitrogen and oxygen atoms in total. The van der Waals surface area contributed by atoms with Gasteiger partial charge in [0, 0.05) is 12.1 Å². The quantitative estimate of drug-likeness (QED) is 0.800. The average Bonchev–Trinajstić information content (AvgIpc) is 3.14. The molecule has 0 aromatic carbocycles. The van der Waals surface area contributed by atoms with E-state index >= 15 is 0 Å². The normalized spacial score (nSPS) is 15.2. The van der Waals surface area contributed by atoms with Crippen LogP contribution in [0, 0.1) is 0 Å². The van der Waals surface area contributed by atoms with E-state index in [9.17, 15) is 4.79 Å². The van der Waals surface area contributed by atoms with Gasteiger partial charge in [0.1, 0.15) is 10.4 Å². The highest BCUT2D eigenvalue weighted by molar-refractivity contribution is 9.10. The molecule has 0 spiro atoms. The van der Waals surface area contributed by atoms with Crippen LogP contribution in [0.4, 0.5) is 0 Å². The largest absolute Gasteiger partial charge is 0.465 e. The second-order valence-electron chi connectivity index (χ2n) is 4.20. The van der Waals surface area contributed by atoms with Gasteiger partial charge in [0.25, 0.3) is 0 Å². The maximum absolute atomic E-state index is 11.5. The Labute approximate surface area is 107 Å². The number of hydrogen-bond acceptors (Lipinski definition) is 3. The number of hydrogen-bond donors (Lipinski definition) is 0. The van der Waals surface area contributed by atoms with Crippen LogP contribution in [-0.2, 0) is 4.74 Å². The predicted molar refractivity (Wildman–Crippen MR) is 66.2 cm³/mol. The van der Waals surface area contributed by atoms with Gasteiger partial charge in [0.2, 0.25) is 0 Å². The minimum atomic E-state index is -0.325. The number of aromatic nitrogens is 2. The zero-order valence-corrected chi connectivity index (χ0v) is 10.9. The molecule has 0 amide bonds. The average molecular weight is 295 g/mol. The second-order valence-corrected chi connectivity index (χ2v) is 4.95.